The van der Waals surface area contributed by atoms with E-state index in [4.69, 9.17) is 0 Å². The number of thiophene rings is 1. The molecule has 1 aliphatic rings. The monoisotopic (exact) mass is 272 g/mol. The van der Waals surface area contributed by atoms with E-state index in [1.807, 2.05) is 18.2 Å². The molecule has 1 unspecified atom stereocenters. The second kappa shape index (κ2) is 5.05. The first-order valence-electron chi connectivity index (χ1n) is 6.40. The summed E-state index contributed by atoms with van der Waals surface area (Å²) in [6, 6.07) is 12.1. The fourth-order valence-electron chi connectivity index (χ4n) is 2.33. The summed E-state index contributed by atoms with van der Waals surface area (Å²) >= 11 is 1.72. The molecule has 4 heteroatoms. The number of rotatable bonds is 3. The maximum absolute atomic E-state index is 12.1. The van der Waals surface area contributed by atoms with Crippen LogP contribution in [0.25, 0.3) is 0 Å². The number of amides is 1. The van der Waals surface area contributed by atoms with E-state index in [0.717, 1.165) is 12.1 Å². The fraction of sp³-hybridized carbons (Fsp3) is 0.267. The van der Waals surface area contributed by atoms with E-state index in [-0.39, 0.29) is 11.9 Å². The van der Waals surface area contributed by atoms with Crippen LogP contribution >= 0.6 is 11.3 Å². The molecule has 1 aliphatic heterocycles. The van der Waals surface area contributed by atoms with Gasteiger partial charge in [0.15, 0.2) is 0 Å². The highest BCUT2D eigenvalue weighted by molar-refractivity contribution is 7.11. The van der Waals surface area contributed by atoms with Gasteiger partial charge in [0, 0.05) is 21.9 Å². The Labute approximate surface area is 116 Å². The van der Waals surface area contributed by atoms with Crippen LogP contribution in [-0.2, 0) is 17.8 Å². The van der Waals surface area contributed by atoms with Crippen molar-refractivity contribution in [2.24, 2.45) is 0 Å². The Kier molecular flexibility index (Phi) is 3.25. The molecule has 2 heterocycles. The largest absolute Gasteiger partial charge is 0.373 e. The molecule has 19 heavy (non-hydrogen) atoms. The second-order valence-electron chi connectivity index (χ2n) is 4.79. The molecule has 0 saturated heterocycles. The van der Waals surface area contributed by atoms with Crippen LogP contribution in [0.15, 0.2) is 36.4 Å². The molecule has 1 aromatic heterocycles. The van der Waals surface area contributed by atoms with Gasteiger partial charge in [0.2, 0.25) is 5.91 Å². The number of para-hydroxylation sites is 1. The minimum atomic E-state index is -0.140. The normalized spacial score (nSPS) is 16.8. The number of carbonyl (C=O) groups is 1. The average Bonchev–Trinajstić information content (AvgIpc) is 3.01. The first kappa shape index (κ1) is 12.2. The number of benzene rings is 1. The van der Waals surface area contributed by atoms with Crippen LogP contribution in [0.5, 0.6) is 0 Å². The second-order valence-corrected chi connectivity index (χ2v) is 6.16. The number of hydrogen-bond acceptors (Lipinski definition) is 3. The molecule has 0 saturated carbocycles. The van der Waals surface area contributed by atoms with Gasteiger partial charge in [-0.25, -0.2) is 0 Å². The van der Waals surface area contributed by atoms with Crippen molar-refractivity contribution in [3.63, 3.8) is 0 Å². The van der Waals surface area contributed by atoms with Crippen LogP contribution in [0.4, 0.5) is 5.69 Å². The summed E-state index contributed by atoms with van der Waals surface area (Å²) in [7, 11) is 0. The van der Waals surface area contributed by atoms with Gasteiger partial charge < -0.3 is 10.6 Å². The topological polar surface area (TPSA) is 41.1 Å². The zero-order chi connectivity index (χ0) is 13.2. The van der Waals surface area contributed by atoms with Gasteiger partial charge in [0.1, 0.15) is 6.04 Å². The van der Waals surface area contributed by atoms with Gasteiger partial charge in [-0.1, -0.05) is 18.2 Å². The summed E-state index contributed by atoms with van der Waals surface area (Å²) in [6.07, 6.45) is 0.769. The zero-order valence-corrected chi connectivity index (χ0v) is 11.6. The van der Waals surface area contributed by atoms with E-state index in [9.17, 15) is 4.79 Å². The number of anilines is 1. The van der Waals surface area contributed by atoms with E-state index in [1.165, 1.54) is 15.3 Å². The van der Waals surface area contributed by atoms with Gasteiger partial charge in [-0.3, -0.25) is 4.79 Å². The maximum Gasteiger partial charge on any atom is 0.243 e. The molecule has 1 aromatic carbocycles. The van der Waals surface area contributed by atoms with Crippen molar-refractivity contribution in [2.75, 3.05) is 5.32 Å². The average molecular weight is 272 g/mol. The lowest BCUT2D eigenvalue weighted by Crippen LogP contribution is -2.37. The molecule has 0 bridgehead atoms. The minimum absolute atomic E-state index is 0.0715. The molecule has 0 aliphatic carbocycles. The predicted octanol–water partition coefficient (Wildman–Crippen LogP) is 2.71. The van der Waals surface area contributed by atoms with Crippen LogP contribution in [0.1, 0.15) is 15.3 Å². The number of fused-ring (bicyclic) bond motifs is 1. The molecule has 2 aromatic rings. The van der Waals surface area contributed by atoms with E-state index >= 15 is 0 Å². The maximum atomic E-state index is 12.1. The third kappa shape index (κ3) is 2.63. The first-order valence-corrected chi connectivity index (χ1v) is 7.21. The predicted molar refractivity (Wildman–Crippen MR) is 78.5 cm³/mol. The van der Waals surface area contributed by atoms with Crippen molar-refractivity contribution in [3.8, 4) is 0 Å². The summed E-state index contributed by atoms with van der Waals surface area (Å²) < 4.78 is 0. The third-order valence-corrected chi connectivity index (χ3v) is 4.32. The SMILES string of the molecule is Cc1ccc(CNC(=O)C2Cc3ccccc3N2)s1. The van der Waals surface area contributed by atoms with Gasteiger partial charge in [0.05, 0.1) is 6.54 Å². The first-order chi connectivity index (χ1) is 9.22. The zero-order valence-electron chi connectivity index (χ0n) is 10.8. The van der Waals surface area contributed by atoms with Crippen molar-refractivity contribution in [1.82, 2.24) is 5.32 Å². The molecule has 0 radical (unpaired) electrons. The minimum Gasteiger partial charge on any atom is -0.373 e. The summed E-state index contributed by atoms with van der Waals surface area (Å²) in [6.45, 7) is 2.69. The number of carbonyl (C=O) groups excluding carboxylic acids is 1. The van der Waals surface area contributed by atoms with E-state index in [1.54, 1.807) is 11.3 Å². The molecule has 0 fully saturated rings. The molecule has 98 valence electrons. The Morgan fingerprint density at radius 3 is 2.95 bits per heavy atom. The Morgan fingerprint density at radius 1 is 1.37 bits per heavy atom. The smallest absolute Gasteiger partial charge is 0.243 e. The van der Waals surface area contributed by atoms with Crippen LogP contribution < -0.4 is 10.6 Å². The van der Waals surface area contributed by atoms with Crippen LogP contribution in [-0.4, -0.2) is 11.9 Å². The third-order valence-electron chi connectivity index (χ3n) is 3.32. The van der Waals surface area contributed by atoms with E-state index in [0.29, 0.717) is 6.54 Å². The Bertz CT molecular complexity index is 581. The van der Waals surface area contributed by atoms with E-state index in [2.05, 4.69) is 35.8 Å². The molecule has 1 atom stereocenters. The van der Waals surface area contributed by atoms with Gasteiger partial charge in [0.25, 0.3) is 0 Å². The van der Waals surface area contributed by atoms with Crippen LogP contribution in [0, 0.1) is 6.92 Å². The summed E-state index contributed by atoms with van der Waals surface area (Å²) in [5, 5.41) is 6.27. The summed E-state index contributed by atoms with van der Waals surface area (Å²) in [4.78, 5) is 14.6. The van der Waals surface area contributed by atoms with Crippen molar-refractivity contribution in [1.29, 1.82) is 0 Å². The van der Waals surface area contributed by atoms with Crippen molar-refractivity contribution < 1.29 is 4.79 Å². The summed E-state index contributed by atoms with van der Waals surface area (Å²) in [5.74, 6) is 0.0715. The molecular formula is C15H16N2OS. The lowest BCUT2D eigenvalue weighted by molar-refractivity contribution is -0.121. The lowest BCUT2D eigenvalue weighted by atomic mass is 10.1. The van der Waals surface area contributed by atoms with E-state index < -0.39 is 0 Å². The molecular weight excluding hydrogens is 256 g/mol. The Hall–Kier alpha value is -1.81. The van der Waals surface area contributed by atoms with Crippen LogP contribution in [0.2, 0.25) is 0 Å². The van der Waals surface area contributed by atoms with Crippen molar-refractivity contribution in [3.05, 3.63) is 51.7 Å². The highest BCUT2D eigenvalue weighted by Crippen LogP contribution is 2.25. The Morgan fingerprint density at radius 2 is 2.21 bits per heavy atom. The molecule has 3 rings (SSSR count). The van der Waals surface area contributed by atoms with Gasteiger partial charge in [-0.15, -0.1) is 11.3 Å². The van der Waals surface area contributed by atoms with Crippen molar-refractivity contribution >= 4 is 22.9 Å². The summed E-state index contributed by atoms with van der Waals surface area (Å²) in [5.41, 5.74) is 2.30. The molecule has 0 spiro atoms. The number of nitrogens with one attached hydrogen (secondary N) is 2. The molecule has 3 nitrogen and oxygen atoms in total. The lowest BCUT2D eigenvalue weighted by Gasteiger charge is -2.11. The standard InChI is InChI=1S/C15H16N2OS/c1-10-6-7-12(19-10)9-16-15(18)14-8-11-4-2-3-5-13(11)17-14/h2-7,14,17H,8-9H2,1H3,(H,16,18). The van der Waals surface area contributed by atoms with Crippen molar-refractivity contribution in [2.45, 2.75) is 25.9 Å². The van der Waals surface area contributed by atoms with Gasteiger partial charge in [-0.05, 0) is 30.7 Å². The number of aryl methyl sites for hydroxylation is 1. The molecule has 1 amide bonds. The highest BCUT2D eigenvalue weighted by Gasteiger charge is 2.25. The highest BCUT2D eigenvalue weighted by atomic mass is 32.1. The quantitative estimate of drug-likeness (QED) is 0.902. The van der Waals surface area contributed by atoms with Gasteiger partial charge >= 0.3 is 0 Å². The fourth-order valence-corrected chi connectivity index (χ4v) is 3.16. The Balaban J connectivity index is 1.58. The van der Waals surface area contributed by atoms with Gasteiger partial charge in [-0.2, -0.15) is 0 Å². The van der Waals surface area contributed by atoms with Crippen LogP contribution in [0.3, 0.4) is 0 Å². The number of hydrogen-bond donors (Lipinski definition) is 2. The molecule has 2 N–H and O–H groups in total.